The SMILES string of the molecule is [2H]C([2H])(c1ccnc(-c2cccc3c2oc2cc(-c4nc(-c5ccccc5)nc(-c5ccccc5)n4)ccc23)c1)C(C)(C)C. The normalized spacial score (nSPS) is 12.8. The number of hydrogen-bond acceptors (Lipinski definition) is 5. The predicted octanol–water partition coefficient (Wildman–Crippen LogP) is 9.42. The van der Waals surface area contributed by atoms with E-state index in [0.29, 0.717) is 39.9 Å². The number of nitrogens with zero attached hydrogens (tertiary/aromatic N) is 4. The Labute approximate surface area is 247 Å². The third-order valence-corrected chi connectivity index (χ3v) is 7.01. The zero-order valence-corrected chi connectivity index (χ0v) is 23.7. The highest BCUT2D eigenvalue weighted by Crippen LogP contribution is 2.37. The largest absolute Gasteiger partial charge is 0.455 e. The summed E-state index contributed by atoms with van der Waals surface area (Å²) in [5.74, 6) is 1.75. The van der Waals surface area contributed by atoms with Crippen molar-refractivity contribution in [3.05, 3.63) is 121 Å². The zero-order chi connectivity index (χ0) is 30.5. The van der Waals surface area contributed by atoms with Crippen molar-refractivity contribution < 1.29 is 7.16 Å². The maximum Gasteiger partial charge on any atom is 0.164 e. The molecule has 5 nitrogen and oxygen atoms in total. The van der Waals surface area contributed by atoms with Crippen LogP contribution in [0.5, 0.6) is 0 Å². The molecule has 7 rings (SSSR count). The summed E-state index contributed by atoms with van der Waals surface area (Å²) >= 11 is 0. The van der Waals surface area contributed by atoms with Gasteiger partial charge in [-0.15, -0.1) is 0 Å². The van der Waals surface area contributed by atoms with Crippen LogP contribution in [0.3, 0.4) is 0 Å². The van der Waals surface area contributed by atoms with Gasteiger partial charge in [0.05, 0.1) is 5.69 Å². The average Bonchev–Trinajstić information content (AvgIpc) is 3.43. The Bertz CT molecular complexity index is 2080. The third kappa shape index (κ3) is 5.06. The molecule has 0 aliphatic carbocycles. The molecule has 0 aliphatic rings. The smallest absolute Gasteiger partial charge is 0.164 e. The Balaban J connectivity index is 1.36. The lowest BCUT2D eigenvalue weighted by molar-refractivity contribution is 0.411. The van der Waals surface area contributed by atoms with Gasteiger partial charge in [-0.2, -0.15) is 0 Å². The van der Waals surface area contributed by atoms with Crippen molar-refractivity contribution >= 4 is 21.9 Å². The Hall–Kier alpha value is -5.16. The molecule has 3 heterocycles. The molecular weight excluding hydrogens is 516 g/mol. The van der Waals surface area contributed by atoms with Gasteiger partial charge in [-0.05, 0) is 47.7 Å². The number of fused-ring (bicyclic) bond motifs is 3. The van der Waals surface area contributed by atoms with Gasteiger partial charge in [0.1, 0.15) is 11.2 Å². The number of benzene rings is 4. The summed E-state index contributed by atoms with van der Waals surface area (Å²) in [6.45, 7) is 5.72. The van der Waals surface area contributed by atoms with E-state index in [-0.39, 0.29) is 0 Å². The summed E-state index contributed by atoms with van der Waals surface area (Å²) in [5.41, 5.74) is 5.52. The van der Waals surface area contributed by atoms with Crippen molar-refractivity contribution in [3.8, 4) is 45.4 Å². The molecule has 204 valence electrons. The first-order valence-electron chi connectivity index (χ1n) is 15.0. The molecule has 3 aromatic heterocycles. The molecule has 7 aromatic rings. The number of hydrogen-bond donors (Lipinski definition) is 0. The number of furan rings is 1. The van der Waals surface area contributed by atoms with E-state index in [4.69, 9.17) is 22.1 Å². The molecule has 0 unspecified atom stereocenters. The summed E-state index contributed by atoms with van der Waals surface area (Å²) in [6, 6.07) is 35.4. The molecule has 0 atom stereocenters. The third-order valence-electron chi connectivity index (χ3n) is 7.01. The molecule has 0 amide bonds. The lowest BCUT2D eigenvalue weighted by Gasteiger charge is -2.18. The Morgan fingerprint density at radius 1 is 0.643 bits per heavy atom. The maximum atomic E-state index is 8.77. The van der Waals surface area contributed by atoms with Crippen LogP contribution < -0.4 is 0 Å². The first-order chi connectivity index (χ1) is 21.2. The standard InChI is InChI=1S/C37H30N4O/c1-37(2,3)23-24-19-20-38-31(21-24)30-16-10-15-29-28-18-17-27(22-32(28)42-33(29)30)36-40-34(25-11-6-4-7-12-25)39-35(41-36)26-13-8-5-9-14-26/h4-22H,23H2,1-3H3/i23D2. The first kappa shape index (κ1) is 23.5. The second-order valence-corrected chi connectivity index (χ2v) is 11.3. The van der Waals surface area contributed by atoms with Gasteiger partial charge < -0.3 is 4.42 Å². The van der Waals surface area contributed by atoms with Crippen LogP contribution in [0.1, 0.15) is 29.1 Å². The van der Waals surface area contributed by atoms with Gasteiger partial charge in [0.15, 0.2) is 17.5 Å². The van der Waals surface area contributed by atoms with Crippen molar-refractivity contribution in [1.82, 2.24) is 19.9 Å². The van der Waals surface area contributed by atoms with Crippen LogP contribution in [0.25, 0.3) is 67.4 Å². The van der Waals surface area contributed by atoms with Gasteiger partial charge in [-0.25, -0.2) is 15.0 Å². The summed E-state index contributed by atoms with van der Waals surface area (Å²) in [7, 11) is 0. The molecule has 0 saturated carbocycles. The van der Waals surface area contributed by atoms with Crippen molar-refractivity contribution in [2.75, 3.05) is 0 Å². The van der Waals surface area contributed by atoms with E-state index in [2.05, 4.69) is 4.98 Å². The summed E-state index contributed by atoms with van der Waals surface area (Å²) in [6.07, 6.45) is 0.131. The van der Waals surface area contributed by atoms with Gasteiger partial charge in [-0.3, -0.25) is 4.98 Å². The molecular formula is C37H30N4O. The number of pyridine rings is 1. The van der Waals surface area contributed by atoms with Crippen molar-refractivity contribution in [1.29, 1.82) is 0 Å². The Morgan fingerprint density at radius 2 is 1.29 bits per heavy atom. The van der Waals surface area contributed by atoms with Gasteiger partial charge in [0.2, 0.25) is 0 Å². The fourth-order valence-electron chi connectivity index (χ4n) is 5.17. The quantitative estimate of drug-likeness (QED) is 0.214. The monoisotopic (exact) mass is 548 g/mol. The molecule has 0 saturated heterocycles. The molecule has 0 fully saturated rings. The zero-order valence-electron chi connectivity index (χ0n) is 25.7. The maximum absolute atomic E-state index is 8.77. The highest BCUT2D eigenvalue weighted by Gasteiger charge is 2.18. The Morgan fingerprint density at radius 3 is 1.93 bits per heavy atom. The van der Waals surface area contributed by atoms with Gasteiger partial charge >= 0.3 is 0 Å². The minimum Gasteiger partial charge on any atom is -0.455 e. The highest BCUT2D eigenvalue weighted by atomic mass is 16.3. The number of para-hydroxylation sites is 1. The van der Waals surface area contributed by atoms with Gasteiger partial charge in [0.25, 0.3) is 0 Å². The molecule has 0 bridgehead atoms. The molecule has 0 N–H and O–H groups in total. The van der Waals surface area contributed by atoms with E-state index in [9.17, 15) is 0 Å². The summed E-state index contributed by atoms with van der Waals surface area (Å²) < 4.78 is 24.1. The molecule has 0 aliphatic heterocycles. The highest BCUT2D eigenvalue weighted by molar-refractivity contribution is 6.10. The topological polar surface area (TPSA) is 64.7 Å². The molecule has 4 aromatic carbocycles. The van der Waals surface area contributed by atoms with E-state index in [1.807, 2.05) is 124 Å². The van der Waals surface area contributed by atoms with E-state index < -0.39 is 11.8 Å². The van der Waals surface area contributed by atoms with Crippen LogP contribution in [0.15, 0.2) is 120 Å². The van der Waals surface area contributed by atoms with Crippen molar-refractivity contribution in [2.24, 2.45) is 5.41 Å². The fraction of sp³-hybridized carbons (Fsp3) is 0.135. The lowest BCUT2D eigenvalue weighted by Crippen LogP contribution is -2.09. The van der Waals surface area contributed by atoms with E-state index >= 15 is 0 Å². The van der Waals surface area contributed by atoms with Crippen molar-refractivity contribution in [3.63, 3.8) is 0 Å². The Kier molecular flexibility index (Phi) is 5.80. The molecule has 0 radical (unpaired) electrons. The minimum absolute atomic E-state index is 0.555. The second-order valence-electron chi connectivity index (χ2n) is 11.3. The number of rotatable bonds is 5. The van der Waals surface area contributed by atoms with E-state index in [1.165, 1.54) is 0 Å². The summed E-state index contributed by atoms with van der Waals surface area (Å²) in [5, 5.41) is 1.92. The lowest BCUT2D eigenvalue weighted by atomic mass is 9.88. The molecule has 0 spiro atoms. The van der Waals surface area contributed by atoms with Crippen LogP contribution in [0, 0.1) is 5.41 Å². The van der Waals surface area contributed by atoms with Crippen LogP contribution in [-0.4, -0.2) is 19.9 Å². The van der Waals surface area contributed by atoms with Crippen molar-refractivity contribution in [2.45, 2.75) is 27.1 Å². The first-order valence-corrected chi connectivity index (χ1v) is 14.0. The van der Waals surface area contributed by atoms with Crippen LogP contribution >= 0.6 is 0 Å². The van der Waals surface area contributed by atoms with Crippen LogP contribution in [0.2, 0.25) is 0 Å². The number of aromatic nitrogens is 4. The average molecular weight is 549 g/mol. The van der Waals surface area contributed by atoms with Crippen LogP contribution in [0.4, 0.5) is 0 Å². The van der Waals surface area contributed by atoms with E-state index in [0.717, 1.165) is 33.0 Å². The minimum atomic E-state index is -1.54. The molecule has 5 heteroatoms. The van der Waals surface area contributed by atoms with E-state index in [1.54, 1.807) is 12.3 Å². The fourth-order valence-corrected chi connectivity index (χ4v) is 5.17. The summed E-state index contributed by atoms with van der Waals surface area (Å²) in [4.78, 5) is 19.2. The second kappa shape index (κ2) is 10.3. The molecule has 42 heavy (non-hydrogen) atoms. The van der Waals surface area contributed by atoms with Gasteiger partial charge in [-0.1, -0.05) is 99.6 Å². The van der Waals surface area contributed by atoms with Crippen LogP contribution in [-0.2, 0) is 6.37 Å². The predicted molar refractivity (Wildman–Crippen MR) is 170 cm³/mol. The van der Waals surface area contributed by atoms with Gasteiger partial charge in [0, 0.05) is 42.0 Å².